The number of halogens is 2. The molecule has 2 N–H and O–H groups in total. The molecule has 0 saturated carbocycles. The summed E-state index contributed by atoms with van der Waals surface area (Å²) < 4.78 is 0. The first-order valence-corrected chi connectivity index (χ1v) is 6.14. The summed E-state index contributed by atoms with van der Waals surface area (Å²) in [6.07, 6.45) is 0.278. The molecular formula is C14H11Cl2NO. The fourth-order valence-electron chi connectivity index (χ4n) is 1.63. The first kappa shape index (κ1) is 12.9. The Morgan fingerprint density at radius 2 is 1.72 bits per heavy atom. The number of carbonyl (C=O) groups excluding carboxylic acids is 1. The average Bonchev–Trinajstić information content (AvgIpc) is 2.35. The van der Waals surface area contributed by atoms with E-state index in [0.29, 0.717) is 21.3 Å². The zero-order valence-corrected chi connectivity index (χ0v) is 11.0. The molecule has 0 atom stereocenters. The van der Waals surface area contributed by atoms with Crippen LogP contribution >= 0.6 is 23.2 Å². The minimum Gasteiger partial charge on any atom is -0.399 e. The van der Waals surface area contributed by atoms with E-state index in [1.165, 1.54) is 0 Å². The Kier molecular flexibility index (Phi) is 3.90. The van der Waals surface area contributed by atoms with E-state index in [1.54, 1.807) is 30.3 Å². The fourth-order valence-corrected chi connectivity index (χ4v) is 2.02. The van der Waals surface area contributed by atoms with Crippen LogP contribution in [0.25, 0.3) is 0 Å². The molecule has 0 aliphatic carbocycles. The van der Waals surface area contributed by atoms with Crippen molar-refractivity contribution in [2.75, 3.05) is 5.73 Å². The van der Waals surface area contributed by atoms with Crippen molar-refractivity contribution in [1.29, 1.82) is 0 Å². The second-order valence-electron chi connectivity index (χ2n) is 3.97. The van der Waals surface area contributed by atoms with Gasteiger partial charge in [0.05, 0.1) is 5.02 Å². The number of Topliss-reactive ketones (excluding diaryl/α,β-unsaturated/α-hetero) is 1. The predicted octanol–water partition coefficient (Wildman–Crippen LogP) is 4.00. The van der Waals surface area contributed by atoms with E-state index in [1.807, 2.05) is 12.1 Å². The molecule has 0 aliphatic rings. The lowest BCUT2D eigenvalue weighted by molar-refractivity contribution is 0.0993. The Bertz CT molecular complexity index is 579. The summed E-state index contributed by atoms with van der Waals surface area (Å²) >= 11 is 11.8. The molecule has 0 aliphatic heterocycles. The molecule has 0 spiro atoms. The van der Waals surface area contributed by atoms with Gasteiger partial charge in [-0.2, -0.15) is 0 Å². The van der Waals surface area contributed by atoms with Gasteiger partial charge >= 0.3 is 0 Å². The Labute approximate surface area is 115 Å². The van der Waals surface area contributed by atoms with Gasteiger partial charge in [0.2, 0.25) is 0 Å². The zero-order valence-electron chi connectivity index (χ0n) is 9.49. The van der Waals surface area contributed by atoms with Gasteiger partial charge in [-0.05, 0) is 35.9 Å². The highest BCUT2D eigenvalue weighted by molar-refractivity contribution is 6.35. The summed E-state index contributed by atoms with van der Waals surface area (Å²) in [4.78, 5) is 12.1. The van der Waals surface area contributed by atoms with E-state index >= 15 is 0 Å². The lowest BCUT2D eigenvalue weighted by atomic mass is 10.0. The first-order valence-electron chi connectivity index (χ1n) is 5.39. The van der Waals surface area contributed by atoms with Crippen molar-refractivity contribution < 1.29 is 4.79 Å². The van der Waals surface area contributed by atoms with Crippen molar-refractivity contribution in [3.05, 3.63) is 63.6 Å². The Hall–Kier alpha value is -1.51. The third-order valence-corrected chi connectivity index (χ3v) is 3.14. The molecule has 2 rings (SSSR count). The van der Waals surface area contributed by atoms with Crippen LogP contribution in [0.15, 0.2) is 42.5 Å². The van der Waals surface area contributed by atoms with Gasteiger partial charge in [0.25, 0.3) is 0 Å². The molecule has 0 radical (unpaired) electrons. The van der Waals surface area contributed by atoms with Gasteiger partial charge in [-0.15, -0.1) is 0 Å². The van der Waals surface area contributed by atoms with Crippen molar-refractivity contribution >= 4 is 34.7 Å². The van der Waals surface area contributed by atoms with E-state index < -0.39 is 0 Å². The molecule has 0 aromatic heterocycles. The molecule has 92 valence electrons. The van der Waals surface area contributed by atoms with Crippen LogP contribution in [0.2, 0.25) is 10.0 Å². The zero-order chi connectivity index (χ0) is 13.1. The van der Waals surface area contributed by atoms with E-state index in [-0.39, 0.29) is 12.2 Å². The van der Waals surface area contributed by atoms with Crippen LogP contribution in [0, 0.1) is 0 Å². The standard InChI is InChI=1S/C14H11Cl2NO/c15-10-3-6-13(16)12(8-10)14(18)7-9-1-4-11(17)5-2-9/h1-6,8H,7,17H2. The number of ketones is 1. The summed E-state index contributed by atoms with van der Waals surface area (Å²) in [5, 5.41) is 0.917. The molecule has 18 heavy (non-hydrogen) atoms. The summed E-state index contributed by atoms with van der Waals surface area (Å²) in [5.41, 5.74) is 7.60. The topological polar surface area (TPSA) is 43.1 Å². The molecule has 4 heteroatoms. The summed E-state index contributed by atoms with van der Waals surface area (Å²) in [7, 11) is 0. The third kappa shape index (κ3) is 3.03. The summed E-state index contributed by atoms with van der Waals surface area (Å²) in [6.45, 7) is 0. The quantitative estimate of drug-likeness (QED) is 0.682. The molecule has 0 unspecified atom stereocenters. The van der Waals surface area contributed by atoms with Gasteiger partial charge in [-0.25, -0.2) is 0 Å². The molecule has 0 amide bonds. The van der Waals surface area contributed by atoms with Crippen molar-refractivity contribution in [3.63, 3.8) is 0 Å². The molecule has 2 aromatic carbocycles. The molecule has 0 saturated heterocycles. The van der Waals surface area contributed by atoms with Crippen LogP contribution in [0.5, 0.6) is 0 Å². The van der Waals surface area contributed by atoms with Crippen LogP contribution in [0.3, 0.4) is 0 Å². The number of benzene rings is 2. The number of anilines is 1. The maximum absolute atomic E-state index is 12.1. The number of hydrogen-bond acceptors (Lipinski definition) is 2. The highest BCUT2D eigenvalue weighted by Crippen LogP contribution is 2.22. The summed E-state index contributed by atoms with van der Waals surface area (Å²) in [6, 6.07) is 12.1. The average molecular weight is 280 g/mol. The van der Waals surface area contributed by atoms with E-state index in [2.05, 4.69) is 0 Å². The number of nitrogens with two attached hydrogens (primary N) is 1. The minimum atomic E-state index is -0.0627. The van der Waals surface area contributed by atoms with Gasteiger partial charge in [0.1, 0.15) is 0 Å². The third-order valence-electron chi connectivity index (χ3n) is 2.57. The fraction of sp³-hybridized carbons (Fsp3) is 0.0714. The number of rotatable bonds is 3. The Morgan fingerprint density at radius 1 is 1.06 bits per heavy atom. The molecule has 0 heterocycles. The smallest absolute Gasteiger partial charge is 0.168 e. The first-order chi connectivity index (χ1) is 8.56. The Balaban J connectivity index is 2.21. The molecule has 2 nitrogen and oxygen atoms in total. The van der Waals surface area contributed by atoms with Gasteiger partial charge in [0.15, 0.2) is 5.78 Å². The van der Waals surface area contributed by atoms with E-state index in [0.717, 1.165) is 5.56 Å². The van der Waals surface area contributed by atoms with Crippen LogP contribution in [0.1, 0.15) is 15.9 Å². The highest BCUT2D eigenvalue weighted by Gasteiger charge is 2.11. The van der Waals surface area contributed by atoms with Crippen molar-refractivity contribution in [3.8, 4) is 0 Å². The monoisotopic (exact) mass is 279 g/mol. The minimum absolute atomic E-state index is 0.0627. The van der Waals surface area contributed by atoms with Crippen molar-refractivity contribution in [2.45, 2.75) is 6.42 Å². The molecular weight excluding hydrogens is 269 g/mol. The number of hydrogen-bond donors (Lipinski definition) is 1. The van der Waals surface area contributed by atoms with E-state index in [9.17, 15) is 4.79 Å². The maximum Gasteiger partial charge on any atom is 0.168 e. The van der Waals surface area contributed by atoms with Crippen molar-refractivity contribution in [2.24, 2.45) is 0 Å². The van der Waals surface area contributed by atoms with Crippen LogP contribution in [0.4, 0.5) is 5.69 Å². The SMILES string of the molecule is Nc1ccc(CC(=O)c2cc(Cl)ccc2Cl)cc1. The van der Waals surface area contributed by atoms with Crippen molar-refractivity contribution in [1.82, 2.24) is 0 Å². The van der Waals surface area contributed by atoms with Crippen LogP contribution in [-0.4, -0.2) is 5.78 Å². The number of carbonyl (C=O) groups is 1. The lowest BCUT2D eigenvalue weighted by Gasteiger charge is -2.05. The number of nitrogen functional groups attached to an aromatic ring is 1. The van der Waals surface area contributed by atoms with Gasteiger partial charge < -0.3 is 5.73 Å². The molecule has 2 aromatic rings. The maximum atomic E-state index is 12.1. The van der Waals surface area contributed by atoms with Gasteiger partial charge in [0, 0.05) is 22.7 Å². The largest absolute Gasteiger partial charge is 0.399 e. The highest BCUT2D eigenvalue weighted by atomic mass is 35.5. The lowest BCUT2D eigenvalue weighted by Crippen LogP contribution is -2.04. The van der Waals surface area contributed by atoms with E-state index in [4.69, 9.17) is 28.9 Å². The van der Waals surface area contributed by atoms with Gasteiger partial charge in [-0.1, -0.05) is 35.3 Å². The second kappa shape index (κ2) is 5.42. The second-order valence-corrected chi connectivity index (χ2v) is 4.81. The normalized spacial score (nSPS) is 10.3. The Morgan fingerprint density at radius 3 is 2.39 bits per heavy atom. The van der Waals surface area contributed by atoms with Gasteiger partial charge in [-0.3, -0.25) is 4.79 Å². The predicted molar refractivity (Wildman–Crippen MR) is 75.4 cm³/mol. The molecule has 0 bridgehead atoms. The molecule has 0 fully saturated rings. The van der Waals surface area contributed by atoms with Crippen LogP contribution < -0.4 is 5.73 Å². The summed E-state index contributed by atoms with van der Waals surface area (Å²) in [5.74, 6) is -0.0627. The van der Waals surface area contributed by atoms with Crippen LogP contribution in [-0.2, 0) is 6.42 Å².